The van der Waals surface area contributed by atoms with Crippen LogP contribution in [0.5, 0.6) is 0 Å². The molecule has 2 N–H and O–H groups in total. The van der Waals surface area contributed by atoms with Gasteiger partial charge in [0.15, 0.2) is 0 Å². The number of hydrogen-bond acceptors (Lipinski definition) is 4. The Morgan fingerprint density at radius 2 is 2.16 bits per heavy atom. The molecule has 1 aliphatic carbocycles. The molecule has 3 aromatic heterocycles. The lowest BCUT2D eigenvalue weighted by Gasteiger charge is -2.12. The summed E-state index contributed by atoms with van der Waals surface area (Å²) in [6.45, 7) is 0. The van der Waals surface area contributed by atoms with Crippen LogP contribution in [-0.4, -0.2) is 31.7 Å². The average Bonchev–Trinajstić information content (AvgIpc) is 3.08. The summed E-state index contributed by atoms with van der Waals surface area (Å²) in [5, 5.41) is 13.3. The molecular formula is C19H16N4O2. The molecule has 124 valence electrons. The van der Waals surface area contributed by atoms with E-state index in [9.17, 15) is 9.90 Å². The SMILES string of the molecule is O=C(NC1=CCC(O)C=C1)c1ccc(-n2ccc3ccncc32)nc1. The Morgan fingerprint density at radius 3 is 2.92 bits per heavy atom. The molecule has 3 heterocycles. The molecular weight excluding hydrogens is 316 g/mol. The number of nitrogens with zero attached hydrogens (tertiary/aromatic N) is 3. The van der Waals surface area contributed by atoms with Gasteiger partial charge in [-0.15, -0.1) is 0 Å². The molecule has 3 aromatic rings. The van der Waals surface area contributed by atoms with Crippen molar-refractivity contribution in [3.63, 3.8) is 0 Å². The molecule has 0 aromatic carbocycles. The lowest BCUT2D eigenvalue weighted by molar-refractivity contribution is 0.0966. The first-order valence-corrected chi connectivity index (χ1v) is 7.96. The molecule has 0 spiro atoms. The van der Waals surface area contributed by atoms with E-state index in [2.05, 4.69) is 15.3 Å². The number of pyridine rings is 2. The number of fused-ring (bicyclic) bond motifs is 1. The van der Waals surface area contributed by atoms with E-state index in [0.29, 0.717) is 17.7 Å². The van der Waals surface area contributed by atoms with Crippen molar-refractivity contribution >= 4 is 16.8 Å². The first-order valence-electron chi connectivity index (χ1n) is 7.96. The van der Waals surface area contributed by atoms with Crippen LogP contribution in [0.4, 0.5) is 0 Å². The maximum atomic E-state index is 12.3. The van der Waals surface area contributed by atoms with E-state index in [1.165, 1.54) is 0 Å². The smallest absolute Gasteiger partial charge is 0.257 e. The van der Waals surface area contributed by atoms with Gasteiger partial charge in [0, 0.05) is 29.7 Å². The van der Waals surface area contributed by atoms with Gasteiger partial charge in [-0.05, 0) is 36.8 Å². The number of rotatable bonds is 3. The van der Waals surface area contributed by atoms with Crippen molar-refractivity contribution in [1.29, 1.82) is 0 Å². The van der Waals surface area contributed by atoms with Crippen molar-refractivity contribution in [3.05, 3.63) is 78.5 Å². The van der Waals surface area contributed by atoms with Gasteiger partial charge >= 0.3 is 0 Å². The molecule has 25 heavy (non-hydrogen) atoms. The van der Waals surface area contributed by atoms with Crippen molar-refractivity contribution in [2.24, 2.45) is 0 Å². The molecule has 0 fully saturated rings. The summed E-state index contributed by atoms with van der Waals surface area (Å²) in [5.41, 5.74) is 2.11. The number of aliphatic hydroxyl groups excluding tert-OH is 1. The van der Waals surface area contributed by atoms with Gasteiger partial charge in [-0.3, -0.25) is 14.3 Å². The van der Waals surface area contributed by atoms with E-state index in [-0.39, 0.29) is 5.91 Å². The molecule has 0 saturated carbocycles. The van der Waals surface area contributed by atoms with Crippen LogP contribution in [0.2, 0.25) is 0 Å². The molecule has 1 atom stereocenters. The van der Waals surface area contributed by atoms with Crippen molar-refractivity contribution in [2.75, 3.05) is 0 Å². The number of amides is 1. The van der Waals surface area contributed by atoms with Gasteiger partial charge in [-0.25, -0.2) is 4.98 Å². The minimum absolute atomic E-state index is 0.231. The Bertz CT molecular complexity index is 986. The summed E-state index contributed by atoms with van der Waals surface area (Å²) in [6.07, 6.45) is 12.2. The number of aliphatic hydroxyl groups is 1. The van der Waals surface area contributed by atoms with Crippen LogP contribution >= 0.6 is 0 Å². The van der Waals surface area contributed by atoms with Gasteiger partial charge in [-0.1, -0.05) is 12.2 Å². The van der Waals surface area contributed by atoms with Crippen molar-refractivity contribution < 1.29 is 9.90 Å². The Hall–Kier alpha value is -3.25. The second-order valence-electron chi connectivity index (χ2n) is 5.80. The highest BCUT2D eigenvalue weighted by Gasteiger charge is 2.11. The molecule has 1 amide bonds. The van der Waals surface area contributed by atoms with Crippen LogP contribution in [0.25, 0.3) is 16.7 Å². The van der Waals surface area contributed by atoms with Crippen LogP contribution < -0.4 is 5.32 Å². The first kappa shape index (κ1) is 15.3. The number of allylic oxidation sites excluding steroid dienone is 1. The van der Waals surface area contributed by atoms with E-state index in [0.717, 1.165) is 16.7 Å². The van der Waals surface area contributed by atoms with Gasteiger partial charge in [0.2, 0.25) is 0 Å². The summed E-state index contributed by atoms with van der Waals surface area (Å²) in [7, 11) is 0. The van der Waals surface area contributed by atoms with Crippen LogP contribution in [0.3, 0.4) is 0 Å². The molecule has 0 bridgehead atoms. The van der Waals surface area contributed by atoms with Gasteiger partial charge < -0.3 is 10.4 Å². The quantitative estimate of drug-likeness (QED) is 0.771. The van der Waals surface area contributed by atoms with Gasteiger partial charge in [0.05, 0.1) is 23.4 Å². The molecule has 0 saturated heterocycles. The highest BCUT2D eigenvalue weighted by molar-refractivity contribution is 5.95. The molecule has 4 rings (SSSR count). The van der Waals surface area contributed by atoms with Gasteiger partial charge in [0.1, 0.15) is 5.82 Å². The fourth-order valence-corrected chi connectivity index (χ4v) is 2.74. The number of carbonyl (C=O) groups excluding carboxylic acids is 1. The zero-order valence-corrected chi connectivity index (χ0v) is 13.3. The minimum Gasteiger partial charge on any atom is -0.389 e. The Balaban J connectivity index is 1.54. The van der Waals surface area contributed by atoms with E-state index in [1.54, 1.807) is 49.0 Å². The zero-order valence-electron chi connectivity index (χ0n) is 13.3. The van der Waals surface area contributed by atoms with E-state index in [1.807, 2.05) is 22.9 Å². The third kappa shape index (κ3) is 3.07. The van der Waals surface area contributed by atoms with Crippen molar-refractivity contribution in [2.45, 2.75) is 12.5 Å². The number of aromatic nitrogens is 3. The fourth-order valence-electron chi connectivity index (χ4n) is 2.74. The summed E-state index contributed by atoms with van der Waals surface area (Å²) in [6, 6.07) is 7.48. The largest absolute Gasteiger partial charge is 0.389 e. The maximum Gasteiger partial charge on any atom is 0.257 e. The second-order valence-corrected chi connectivity index (χ2v) is 5.80. The predicted molar refractivity (Wildman–Crippen MR) is 94.2 cm³/mol. The topological polar surface area (TPSA) is 80.0 Å². The van der Waals surface area contributed by atoms with Crippen molar-refractivity contribution in [3.8, 4) is 5.82 Å². The zero-order chi connectivity index (χ0) is 17.2. The Kier molecular flexibility index (Phi) is 3.87. The third-order valence-corrected chi connectivity index (χ3v) is 4.09. The van der Waals surface area contributed by atoms with E-state index < -0.39 is 6.10 Å². The summed E-state index contributed by atoms with van der Waals surface area (Å²) < 4.78 is 1.93. The predicted octanol–water partition coefficient (Wildman–Crippen LogP) is 2.36. The maximum absolute atomic E-state index is 12.3. The highest BCUT2D eigenvalue weighted by atomic mass is 16.3. The normalized spacial score (nSPS) is 16.7. The monoisotopic (exact) mass is 332 g/mol. The minimum atomic E-state index is -0.479. The van der Waals surface area contributed by atoms with E-state index >= 15 is 0 Å². The Labute approximate surface area is 144 Å². The number of carbonyl (C=O) groups is 1. The number of hydrogen-bond donors (Lipinski definition) is 2. The van der Waals surface area contributed by atoms with Crippen LogP contribution in [0.1, 0.15) is 16.8 Å². The van der Waals surface area contributed by atoms with E-state index in [4.69, 9.17) is 0 Å². The molecule has 6 heteroatoms. The van der Waals surface area contributed by atoms with Gasteiger partial charge in [-0.2, -0.15) is 0 Å². The highest BCUT2D eigenvalue weighted by Crippen LogP contribution is 2.18. The standard InChI is InChI=1S/C19H16N4O2/c24-16-4-2-15(3-5-16)22-19(25)14-1-6-18(21-11-14)23-10-8-13-7-9-20-12-17(13)23/h1-4,6-12,16,24H,5H2,(H,22,25). The summed E-state index contributed by atoms with van der Waals surface area (Å²) in [5.74, 6) is 0.491. The van der Waals surface area contributed by atoms with Crippen LogP contribution in [0, 0.1) is 0 Å². The lowest BCUT2D eigenvalue weighted by Crippen LogP contribution is -2.23. The molecule has 0 aliphatic heterocycles. The van der Waals surface area contributed by atoms with Crippen LogP contribution in [-0.2, 0) is 0 Å². The Morgan fingerprint density at radius 1 is 1.24 bits per heavy atom. The lowest BCUT2D eigenvalue weighted by atomic mass is 10.1. The average molecular weight is 332 g/mol. The van der Waals surface area contributed by atoms with Crippen LogP contribution in [0.15, 0.2) is 73.0 Å². The summed E-state index contributed by atoms with van der Waals surface area (Å²) in [4.78, 5) is 20.8. The van der Waals surface area contributed by atoms with Gasteiger partial charge in [0.25, 0.3) is 5.91 Å². The second kappa shape index (κ2) is 6.33. The number of nitrogens with one attached hydrogen (secondary N) is 1. The first-order chi connectivity index (χ1) is 12.2. The third-order valence-electron chi connectivity index (χ3n) is 4.09. The summed E-state index contributed by atoms with van der Waals surface area (Å²) >= 11 is 0. The molecule has 0 radical (unpaired) electrons. The van der Waals surface area contributed by atoms with Crippen molar-refractivity contribution in [1.82, 2.24) is 19.9 Å². The fraction of sp³-hybridized carbons (Fsp3) is 0.105. The molecule has 1 aliphatic rings. The molecule has 6 nitrogen and oxygen atoms in total. The molecule has 1 unspecified atom stereocenters.